The lowest BCUT2D eigenvalue weighted by atomic mass is 9.96. The molecule has 232 valence electrons. The van der Waals surface area contributed by atoms with E-state index >= 15 is 0 Å². The summed E-state index contributed by atoms with van der Waals surface area (Å²) in [5, 5.41) is 70.4. The zero-order chi connectivity index (χ0) is 30.5. The van der Waals surface area contributed by atoms with E-state index in [1.54, 1.807) is 0 Å². The molecule has 20 nitrogen and oxygen atoms in total. The Labute approximate surface area is 235 Å². The summed E-state index contributed by atoms with van der Waals surface area (Å²) < 4.78 is 51.2. The van der Waals surface area contributed by atoms with Gasteiger partial charge in [0, 0.05) is 0 Å². The van der Waals surface area contributed by atoms with Crippen LogP contribution in [0, 0.1) is 0 Å². The van der Waals surface area contributed by atoms with Crippen LogP contribution in [-0.2, 0) is 32.0 Å². The van der Waals surface area contributed by atoms with Gasteiger partial charge < -0.3 is 55.8 Å². The zero-order valence-electron chi connectivity index (χ0n) is 20.9. The summed E-state index contributed by atoms with van der Waals surface area (Å²) in [6.07, 6.45) is -13.9. The van der Waals surface area contributed by atoms with Gasteiger partial charge in [0.1, 0.15) is 60.2 Å². The average Bonchev–Trinajstić information content (AvgIpc) is 3.41. The second-order valence-corrected chi connectivity index (χ2v) is 13.9. The van der Waals surface area contributed by atoms with Crippen LogP contribution in [0.1, 0.15) is 13.2 Å². The first-order chi connectivity index (χ1) is 19.0. The SMILES string of the molecule is C[C@@]1(O)[C@H](O)[C@@H](COP(=O)(S)OP(=O)(O)OC2OC([C@@H](O)CO)C(O)C(O)C2O)O[C@H]1n1cnc2c(N)ncnc21. The summed E-state index contributed by atoms with van der Waals surface area (Å²) in [4.78, 5) is 22.0. The molecule has 4 heterocycles. The Balaban J connectivity index is 1.41. The van der Waals surface area contributed by atoms with Crippen molar-refractivity contribution in [1.29, 1.82) is 0 Å². The minimum Gasteiger partial charge on any atom is -0.394 e. The predicted molar refractivity (Wildman–Crippen MR) is 135 cm³/mol. The van der Waals surface area contributed by atoms with Gasteiger partial charge >= 0.3 is 14.6 Å². The van der Waals surface area contributed by atoms with Crippen molar-refractivity contribution in [2.24, 2.45) is 0 Å². The highest BCUT2D eigenvalue weighted by molar-refractivity contribution is 8.45. The van der Waals surface area contributed by atoms with Gasteiger partial charge in [-0.3, -0.25) is 13.6 Å². The summed E-state index contributed by atoms with van der Waals surface area (Å²) in [7, 11) is -5.49. The summed E-state index contributed by atoms with van der Waals surface area (Å²) in [5.74, 6) is 0.0487. The van der Waals surface area contributed by atoms with Crippen LogP contribution in [0.25, 0.3) is 11.2 Å². The summed E-state index contributed by atoms with van der Waals surface area (Å²) in [5.41, 5.74) is 4.13. The van der Waals surface area contributed by atoms with Crippen LogP contribution in [0.3, 0.4) is 0 Å². The maximum absolute atomic E-state index is 12.7. The van der Waals surface area contributed by atoms with E-state index in [-0.39, 0.29) is 17.0 Å². The summed E-state index contributed by atoms with van der Waals surface area (Å²) >= 11 is 3.59. The monoisotopic (exact) mass is 649 g/mol. The van der Waals surface area contributed by atoms with Crippen LogP contribution in [0.15, 0.2) is 12.7 Å². The van der Waals surface area contributed by atoms with Crippen LogP contribution in [0.2, 0.25) is 0 Å². The minimum atomic E-state index is -5.49. The van der Waals surface area contributed by atoms with E-state index in [1.807, 2.05) is 0 Å². The van der Waals surface area contributed by atoms with Gasteiger partial charge in [-0.2, -0.15) is 4.31 Å². The van der Waals surface area contributed by atoms with E-state index in [4.69, 9.17) is 24.8 Å². The number of thiol groups is 1. The fourth-order valence-corrected chi connectivity index (χ4v) is 7.46. The van der Waals surface area contributed by atoms with E-state index < -0.39 is 88.7 Å². The molecule has 0 amide bonds. The van der Waals surface area contributed by atoms with Gasteiger partial charge in [0.15, 0.2) is 24.0 Å². The van der Waals surface area contributed by atoms with Crippen LogP contribution in [0.5, 0.6) is 0 Å². The molecule has 0 bridgehead atoms. The molecule has 2 aliphatic heterocycles. The van der Waals surface area contributed by atoms with Crippen LogP contribution >= 0.6 is 26.9 Å². The smallest absolute Gasteiger partial charge is 0.394 e. The fraction of sp³-hybridized carbons (Fsp3) is 0.722. The minimum absolute atomic E-state index is 0.0487. The Bertz CT molecular complexity index is 1340. The lowest BCUT2D eigenvalue weighted by Gasteiger charge is -2.41. The molecule has 7 unspecified atom stereocenters. The number of rotatable bonds is 10. The summed E-state index contributed by atoms with van der Waals surface area (Å²) in [6, 6.07) is 0. The van der Waals surface area contributed by atoms with Crippen molar-refractivity contribution in [3.63, 3.8) is 0 Å². The molecule has 23 heteroatoms. The predicted octanol–water partition coefficient (Wildman–Crippen LogP) is -3.23. The van der Waals surface area contributed by atoms with Gasteiger partial charge in [-0.15, -0.1) is 0 Å². The standard InChI is InChI=1S/C18H29N5O15P2S/c1-18(30)13(29)7(35-17(18)23-5-22-8-14(19)20-4-21-15(8)23)3-34-40(33,41)38-39(31,32)37-16-11(28)9(26)10(27)12(36-16)6(25)2-24/h4-7,9-13,16-17,24-30H,2-3H2,1H3,(H,31,32)(H,33,41)(H2,19,20,21)/t6-,7+,9?,10?,11?,12?,13+,16?,17+,18+,40?/m0/s1. The van der Waals surface area contributed by atoms with Crippen molar-refractivity contribution in [2.75, 3.05) is 18.9 Å². The van der Waals surface area contributed by atoms with Crippen LogP contribution in [-0.4, -0.2) is 128 Å². The van der Waals surface area contributed by atoms with Gasteiger partial charge in [0.25, 0.3) is 0 Å². The number of anilines is 1. The molecule has 2 saturated heterocycles. The van der Waals surface area contributed by atoms with Crippen molar-refractivity contribution in [2.45, 2.75) is 67.8 Å². The molecule has 0 aliphatic carbocycles. The molecule has 4 rings (SSSR count). The third kappa shape index (κ3) is 6.60. The average molecular weight is 649 g/mol. The first-order valence-corrected chi connectivity index (χ1v) is 15.9. The Hall–Kier alpha value is -1.36. The van der Waals surface area contributed by atoms with E-state index in [0.29, 0.717) is 0 Å². The zero-order valence-corrected chi connectivity index (χ0v) is 23.6. The Morgan fingerprint density at radius 1 is 1.17 bits per heavy atom. The first kappa shape index (κ1) is 32.6. The van der Waals surface area contributed by atoms with Crippen LogP contribution < -0.4 is 5.73 Å². The number of phosphoric ester groups is 1. The largest absolute Gasteiger partial charge is 0.482 e. The van der Waals surface area contributed by atoms with Gasteiger partial charge in [0.05, 0.1) is 19.5 Å². The van der Waals surface area contributed by atoms with Gasteiger partial charge in [-0.1, -0.05) is 12.2 Å². The number of aliphatic hydroxyl groups excluding tert-OH is 6. The van der Waals surface area contributed by atoms with Crippen molar-refractivity contribution in [1.82, 2.24) is 19.5 Å². The number of aliphatic hydroxyl groups is 7. The number of hydrogen-bond acceptors (Lipinski definition) is 18. The van der Waals surface area contributed by atoms with E-state index in [9.17, 15) is 44.7 Å². The molecule has 10 N–H and O–H groups in total. The fourth-order valence-electron chi connectivity index (χ4n) is 4.27. The molecule has 12 atom stereocenters. The van der Waals surface area contributed by atoms with Gasteiger partial charge in [0.2, 0.25) is 0 Å². The molecule has 0 spiro atoms. The number of aromatic nitrogens is 4. The maximum atomic E-state index is 12.7. The molecule has 41 heavy (non-hydrogen) atoms. The summed E-state index contributed by atoms with van der Waals surface area (Å²) in [6.45, 7) is -5.36. The highest BCUT2D eigenvalue weighted by Crippen LogP contribution is 2.66. The highest BCUT2D eigenvalue weighted by Gasteiger charge is 2.54. The first-order valence-electron chi connectivity index (χ1n) is 11.7. The second-order valence-electron chi connectivity index (χ2n) is 9.39. The molecule has 0 saturated carbocycles. The molecule has 0 radical (unpaired) electrons. The third-order valence-electron chi connectivity index (χ3n) is 6.41. The van der Waals surface area contributed by atoms with Crippen molar-refractivity contribution < 1.29 is 72.6 Å². The molecule has 2 fully saturated rings. The number of nitrogens with zero attached hydrogens (tertiary/aromatic N) is 4. The molecule has 2 aromatic rings. The molecule has 2 aromatic heterocycles. The highest BCUT2D eigenvalue weighted by atomic mass is 32.7. The molecule has 0 aromatic carbocycles. The van der Waals surface area contributed by atoms with Crippen LogP contribution in [0.4, 0.5) is 5.82 Å². The number of nitrogen functional groups attached to an aromatic ring is 1. The molecule has 2 aliphatic rings. The Morgan fingerprint density at radius 3 is 2.51 bits per heavy atom. The topological polar surface area (TPSA) is 312 Å². The Kier molecular flexibility index (Phi) is 9.50. The molecular weight excluding hydrogens is 620 g/mol. The lowest BCUT2D eigenvalue weighted by Crippen LogP contribution is -2.61. The number of nitrogens with two attached hydrogens (primary N) is 1. The van der Waals surface area contributed by atoms with E-state index in [0.717, 1.165) is 6.33 Å². The van der Waals surface area contributed by atoms with E-state index in [2.05, 4.69) is 36.0 Å². The number of phosphoric acid groups is 1. The quantitative estimate of drug-likeness (QED) is 0.0893. The van der Waals surface area contributed by atoms with E-state index in [1.165, 1.54) is 17.8 Å². The van der Waals surface area contributed by atoms with Gasteiger partial charge in [-0.05, 0) is 6.92 Å². The second kappa shape index (κ2) is 12.0. The Morgan fingerprint density at radius 2 is 1.85 bits per heavy atom. The number of hydrogen-bond donors (Lipinski definition) is 10. The number of fused-ring (bicyclic) bond motifs is 1. The number of ether oxygens (including phenoxy) is 2. The number of imidazole rings is 1. The normalized spacial score (nSPS) is 38.0. The van der Waals surface area contributed by atoms with Crippen molar-refractivity contribution in [3.05, 3.63) is 12.7 Å². The molecular formula is C18H29N5O15P2S. The van der Waals surface area contributed by atoms with Gasteiger partial charge in [-0.25, -0.2) is 24.1 Å². The van der Waals surface area contributed by atoms with Crippen molar-refractivity contribution >= 4 is 43.9 Å². The lowest BCUT2D eigenvalue weighted by molar-refractivity contribution is -0.292. The maximum Gasteiger partial charge on any atom is 0.482 e. The van der Waals surface area contributed by atoms with Crippen molar-refractivity contribution in [3.8, 4) is 0 Å². The third-order valence-corrected chi connectivity index (χ3v) is 10.0.